The van der Waals surface area contributed by atoms with Gasteiger partial charge in [0.25, 0.3) is 0 Å². The average molecular weight is 328 g/mol. The van der Waals surface area contributed by atoms with Crippen molar-refractivity contribution in [3.05, 3.63) is 57.5 Å². The van der Waals surface area contributed by atoms with Gasteiger partial charge in [-0.2, -0.15) is 0 Å². The molecule has 2 rings (SSSR count). The van der Waals surface area contributed by atoms with Crippen LogP contribution in [0.4, 0.5) is 0 Å². The number of hydrogen-bond acceptors (Lipinski definition) is 2. The van der Waals surface area contributed by atoms with Crippen LogP contribution in [0.1, 0.15) is 18.6 Å². The molecule has 94 valence electrons. The van der Waals surface area contributed by atoms with Crippen LogP contribution in [0, 0.1) is 0 Å². The Balaban J connectivity index is 2.18. The molecule has 2 aromatic carbocycles. The SMILES string of the molecule is CC(O)c1ccc(Oc2ccc(Cl)cc2Br)cc1. The average Bonchev–Trinajstić information content (AvgIpc) is 2.33. The minimum atomic E-state index is -0.471. The summed E-state index contributed by atoms with van der Waals surface area (Å²) >= 11 is 9.26. The van der Waals surface area contributed by atoms with Gasteiger partial charge in [0.05, 0.1) is 10.6 Å². The van der Waals surface area contributed by atoms with E-state index in [4.69, 9.17) is 16.3 Å². The topological polar surface area (TPSA) is 29.5 Å². The van der Waals surface area contributed by atoms with Crippen LogP contribution < -0.4 is 4.74 Å². The predicted molar refractivity (Wildman–Crippen MR) is 76.3 cm³/mol. The van der Waals surface area contributed by atoms with Crippen molar-refractivity contribution in [3.63, 3.8) is 0 Å². The maximum Gasteiger partial charge on any atom is 0.141 e. The molecule has 0 aromatic heterocycles. The van der Waals surface area contributed by atoms with Gasteiger partial charge in [-0.25, -0.2) is 0 Å². The largest absolute Gasteiger partial charge is 0.456 e. The molecule has 18 heavy (non-hydrogen) atoms. The molecule has 2 aromatic rings. The molecule has 0 saturated carbocycles. The standard InChI is InChI=1S/C14H12BrClO2/c1-9(17)10-2-5-12(6-3-10)18-14-7-4-11(16)8-13(14)15/h2-9,17H,1H3. The normalized spacial score (nSPS) is 12.2. The molecule has 0 aliphatic carbocycles. The number of halogens is 2. The monoisotopic (exact) mass is 326 g/mol. The van der Waals surface area contributed by atoms with E-state index < -0.39 is 6.10 Å². The summed E-state index contributed by atoms with van der Waals surface area (Å²) in [5, 5.41) is 10.1. The first-order valence-corrected chi connectivity index (χ1v) is 6.64. The molecule has 0 heterocycles. The Morgan fingerprint density at radius 1 is 1.17 bits per heavy atom. The lowest BCUT2D eigenvalue weighted by molar-refractivity contribution is 0.199. The van der Waals surface area contributed by atoms with Crippen molar-refractivity contribution in [2.75, 3.05) is 0 Å². The number of aliphatic hydroxyl groups is 1. The van der Waals surface area contributed by atoms with Gasteiger partial charge in [-0.15, -0.1) is 0 Å². The van der Waals surface area contributed by atoms with Crippen molar-refractivity contribution in [2.24, 2.45) is 0 Å². The quantitative estimate of drug-likeness (QED) is 0.864. The minimum Gasteiger partial charge on any atom is -0.456 e. The van der Waals surface area contributed by atoms with Crippen molar-refractivity contribution in [3.8, 4) is 11.5 Å². The smallest absolute Gasteiger partial charge is 0.141 e. The number of aliphatic hydroxyl groups excluding tert-OH is 1. The molecule has 0 aliphatic heterocycles. The Labute approximate surface area is 119 Å². The number of benzene rings is 2. The van der Waals surface area contributed by atoms with Gasteiger partial charge in [-0.3, -0.25) is 0 Å². The first-order chi connectivity index (χ1) is 8.56. The third-order valence-corrected chi connectivity index (χ3v) is 3.34. The number of hydrogen-bond donors (Lipinski definition) is 1. The summed E-state index contributed by atoms with van der Waals surface area (Å²) in [6, 6.07) is 12.7. The van der Waals surface area contributed by atoms with E-state index in [0.29, 0.717) is 16.5 Å². The third kappa shape index (κ3) is 3.25. The van der Waals surface area contributed by atoms with Crippen LogP contribution in [0.2, 0.25) is 5.02 Å². The van der Waals surface area contributed by atoms with E-state index in [1.54, 1.807) is 25.1 Å². The lowest BCUT2D eigenvalue weighted by Crippen LogP contribution is -1.91. The molecule has 4 heteroatoms. The van der Waals surface area contributed by atoms with Crippen LogP contribution in [0.3, 0.4) is 0 Å². The highest BCUT2D eigenvalue weighted by Gasteiger charge is 2.05. The summed E-state index contributed by atoms with van der Waals surface area (Å²) in [6.45, 7) is 1.73. The highest BCUT2D eigenvalue weighted by molar-refractivity contribution is 9.10. The molecule has 0 spiro atoms. The van der Waals surface area contributed by atoms with Crippen LogP contribution in [-0.4, -0.2) is 5.11 Å². The summed E-state index contributed by atoms with van der Waals surface area (Å²) in [6.07, 6.45) is -0.471. The zero-order valence-corrected chi connectivity index (χ0v) is 12.1. The zero-order chi connectivity index (χ0) is 13.1. The van der Waals surface area contributed by atoms with Crippen LogP contribution in [0.15, 0.2) is 46.9 Å². The Bertz CT molecular complexity index is 538. The molecular formula is C14H12BrClO2. The fraction of sp³-hybridized carbons (Fsp3) is 0.143. The fourth-order valence-corrected chi connectivity index (χ4v) is 2.26. The lowest BCUT2D eigenvalue weighted by Gasteiger charge is -2.09. The Morgan fingerprint density at radius 3 is 2.39 bits per heavy atom. The van der Waals surface area contributed by atoms with Crippen LogP contribution in [-0.2, 0) is 0 Å². The Morgan fingerprint density at radius 2 is 1.83 bits per heavy atom. The van der Waals surface area contributed by atoms with Gasteiger partial charge in [0, 0.05) is 5.02 Å². The van der Waals surface area contributed by atoms with Gasteiger partial charge in [0.15, 0.2) is 0 Å². The molecule has 1 unspecified atom stereocenters. The predicted octanol–water partition coefficient (Wildman–Crippen LogP) is 4.95. The van der Waals surface area contributed by atoms with E-state index in [1.807, 2.05) is 24.3 Å². The maximum atomic E-state index is 9.42. The van der Waals surface area contributed by atoms with E-state index >= 15 is 0 Å². The third-order valence-electron chi connectivity index (χ3n) is 2.48. The summed E-state index contributed by atoms with van der Waals surface area (Å²) in [5.74, 6) is 1.41. The summed E-state index contributed by atoms with van der Waals surface area (Å²) in [4.78, 5) is 0. The van der Waals surface area contributed by atoms with E-state index in [-0.39, 0.29) is 0 Å². The maximum absolute atomic E-state index is 9.42. The van der Waals surface area contributed by atoms with E-state index in [0.717, 1.165) is 10.0 Å². The molecule has 0 fully saturated rings. The molecular weight excluding hydrogens is 316 g/mol. The van der Waals surface area contributed by atoms with Gasteiger partial charge >= 0.3 is 0 Å². The van der Waals surface area contributed by atoms with Gasteiger partial charge in [-0.05, 0) is 58.7 Å². The molecule has 2 nitrogen and oxygen atoms in total. The molecule has 0 aliphatic rings. The first-order valence-electron chi connectivity index (χ1n) is 5.47. The van der Waals surface area contributed by atoms with Crippen molar-refractivity contribution in [1.82, 2.24) is 0 Å². The second kappa shape index (κ2) is 5.74. The fourth-order valence-electron chi connectivity index (χ4n) is 1.50. The van der Waals surface area contributed by atoms with Crippen LogP contribution in [0.5, 0.6) is 11.5 Å². The first kappa shape index (κ1) is 13.4. The molecule has 0 saturated heterocycles. The molecule has 1 atom stereocenters. The van der Waals surface area contributed by atoms with E-state index in [1.165, 1.54) is 0 Å². The van der Waals surface area contributed by atoms with Gasteiger partial charge in [0.2, 0.25) is 0 Å². The van der Waals surface area contributed by atoms with Gasteiger partial charge in [-0.1, -0.05) is 23.7 Å². The zero-order valence-electron chi connectivity index (χ0n) is 9.73. The van der Waals surface area contributed by atoms with Crippen molar-refractivity contribution in [2.45, 2.75) is 13.0 Å². The molecule has 0 amide bonds. The summed E-state index contributed by atoms with van der Waals surface area (Å²) in [5.41, 5.74) is 0.859. The Kier molecular flexibility index (Phi) is 4.27. The van der Waals surface area contributed by atoms with Gasteiger partial charge in [0.1, 0.15) is 11.5 Å². The van der Waals surface area contributed by atoms with E-state index in [9.17, 15) is 5.11 Å². The Hall–Kier alpha value is -1.03. The molecule has 0 bridgehead atoms. The lowest BCUT2D eigenvalue weighted by atomic mass is 10.1. The van der Waals surface area contributed by atoms with Gasteiger partial charge < -0.3 is 9.84 Å². The highest BCUT2D eigenvalue weighted by Crippen LogP contribution is 2.32. The summed E-state index contributed by atoms with van der Waals surface area (Å²) < 4.78 is 6.51. The van der Waals surface area contributed by atoms with Crippen molar-refractivity contribution < 1.29 is 9.84 Å². The second-order valence-corrected chi connectivity index (χ2v) is 5.21. The summed E-state index contributed by atoms with van der Waals surface area (Å²) in [7, 11) is 0. The highest BCUT2D eigenvalue weighted by atomic mass is 79.9. The molecule has 1 N–H and O–H groups in total. The van der Waals surface area contributed by atoms with Crippen molar-refractivity contribution in [1.29, 1.82) is 0 Å². The number of rotatable bonds is 3. The van der Waals surface area contributed by atoms with E-state index in [2.05, 4.69) is 15.9 Å². The van der Waals surface area contributed by atoms with Crippen molar-refractivity contribution >= 4 is 27.5 Å². The van der Waals surface area contributed by atoms with Crippen LogP contribution >= 0.6 is 27.5 Å². The minimum absolute atomic E-state index is 0.471. The van der Waals surface area contributed by atoms with Crippen LogP contribution in [0.25, 0.3) is 0 Å². The molecule has 0 radical (unpaired) electrons. The number of ether oxygens (including phenoxy) is 1. The second-order valence-electron chi connectivity index (χ2n) is 3.92.